The molecule has 4 heteroatoms. The van der Waals surface area contributed by atoms with Gasteiger partial charge in [0, 0.05) is 10.2 Å². The summed E-state index contributed by atoms with van der Waals surface area (Å²) in [5.74, 6) is 0. The van der Waals surface area contributed by atoms with Crippen LogP contribution in [0.3, 0.4) is 0 Å². The maximum atomic E-state index is 10.3. The third kappa shape index (κ3) is 1.57. The third-order valence-corrected chi connectivity index (χ3v) is 4.03. The Hall–Kier alpha value is -1.06. The summed E-state index contributed by atoms with van der Waals surface area (Å²) in [4.78, 5) is 4.75. The molecule has 1 heterocycles. The van der Waals surface area contributed by atoms with E-state index in [1.807, 2.05) is 25.1 Å². The summed E-state index contributed by atoms with van der Waals surface area (Å²) in [6.07, 6.45) is 4.08. The monoisotopic (exact) mass is 250 g/mol. The van der Waals surface area contributed by atoms with E-state index in [1.54, 1.807) is 0 Å². The van der Waals surface area contributed by atoms with Crippen molar-refractivity contribution in [1.82, 2.24) is 5.06 Å². The van der Waals surface area contributed by atoms with Crippen LogP contribution in [0.15, 0.2) is 23.2 Å². The standard InChI is InChI=1S/C13H15ClN2O/c1-9-11-8-10(14)4-5-12(11)15-13(16(9)17)6-2-3-7-13/h4-5,8,17H,2-3,6-7H2,1H3. The first-order valence-electron chi connectivity index (χ1n) is 5.98. The molecule has 3 rings (SSSR count). The number of hydrogen-bond acceptors (Lipinski definition) is 3. The lowest BCUT2D eigenvalue weighted by Crippen LogP contribution is -2.51. The molecule has 0 bridgehead atoms. The summed E-state index contributed by atoms with van der Waals surface area (Å²) in [6.45, 7) is 1.92. The van der Waals surface area contributed by atoms with Gasteiger partial charge in [-0.05, 0) is 50.8 Å². The van der Waals surface area contributed by atoms with Crippen LogP contribution < -0.4 is 10.6 Å². The first kappa shape index (κ1) is 11.1. The Labute approximate surface area is 105 Å². The van der Waals surface area contributed by atoms with Gasteiger partial charge < -0.3 is 0 Å². The van der Waals surface area contributed by atoms with Crippen LogP contribution in [0.1, 0.15) is 32.6 Å². The number of halogens is 1. The van der Waals surface area contributed by atoms with Gasteiger partial charge in [0.25, 0.3) is 0 Å². The predicted octanol–water partition coefficient (Wildman–Crippen LogP) is 2.06. The Balaban J connectivity index is 2.29. The van der Waals surface area contributed by atoms with Gasteiger partial charge in [-0.1, -0.05) is 11.6 Å². The van der Waals surface area contributed by atoms with Crippen molar-refractivity contribution in [3.8, 4) is 0 Å². The minimum atomic E-state index is -0.426. The van der Waals surface area contributed by atoms with Crippen molar-refractivity contribution >= 4 is 17.3 Å². The van der Waals surface area contributed by atoms with E-state index in [9.17, 15) is 5.21 Å². The highest BCUT2D eigenvalue weighted by atomic mass is 35.5. The zero-order valence-corrected chi connectivity index (χ0v) is 10.5. The van der Waals surface area contributed by atoms with Gasteiger partial charge in [0.15, 0.2) is 5.66 Å². The molecular formula is C13H15ClN2O. The molecule has 1 aliphatic heterocycles. The Morgan fingerprint density at radius 3 is 2.76 bits per heavy atom. The van der Waals surface area contributed by atoms with Gasteiger partial charge in [-0.15, -0.1) is 0 Å². The number of hydroxylamine groups is 2. The van der Waals surface area contributed by atoms with Crippen LogP contribution in [-0.2, 0) is 0 Å². The zero-order valence-electron chi connectivity index (χ0n) is 9.78. The highest BCUT2D eigenvalue weighted by Gasteiger charge is 2.41. The van der Waals surface area contributed by atoms with E-state index in [-0.39, 0.29) is 0 Å². The highest BCUT2D eigenvalue weighted by molar-refractivity contribution is 6.30. The van der Waals surface area contributed by atoms with Crippen LogP contribution in [0.4, 0.5) is 0 Å². The second-order valence-corrected chi connectivity index (χ2v) is 5.30. The van der Waals surface area contributed by atoms with E-state index in [4.69, 9.17) is 16.6 Å². The first-order valence-corrected chi connectivity index (χ1v) is 6.36. The van der Waals surface area contributed by atoms with E-state index in [1.165, 1.54) is 5.06 Å². The number of nitrogens with zero attached hydrogens (tertiary/aromatic N) is 2. The Bertz CT molecular complexity index is 576. The maximum absolute atomic E-state index is 10.3. The van der Waals surface area contributed by atoms with Crippen LogP contribution in [-0.4, -0.2) is 15.9 Å². The lowest BCUT2D eigenvalue weighted by atomic mass is 10.1. The lowest BCUT2D eigenvalue weighted by molar-refractivity contribution is -0.119. The third-order valence-electron chi connectivity index (χ3n) is 3.79. The predicted molar refractivity (Wildman–Crippen MR) is 66.1 cm³/mol. The molecule has 1 saturated carbocycles. The molecule has 1 aliphatic carbocycles. The number of hydrogen-bond donors (Lipinski definition) is 1. The largest absolute Gasteiger partial charge is 0.286 e. The van der Waals surface area contributed by atoms with Crippen molar-refractivity contribution in [2.24, 2.45) is 4.99 Å². The average Bonchev–Trinajstić information content (AvgIpc) is 2.77. The fourth-order valence-corrected chi connectivity index (χ4v) is 3.03. The summed E-state index contributed by atoms with van der Waals surface area (Å²) < 4.78 is 0. The van der Waals surface area contributed by atoms with Crippen molar-refractivity contribution in [3.05, 3.63) is 33.8 Å². The molecular weight excluding hydrogens is 236 g/mol. The van der Waals surface area contributed by atoms with E-state index >= 15 is 0 Å². The van der Waals surface area contributed by atoms with E-state index < -0.39 is 5.66 Å². The molecule has 0 amide bonds. The molecule has 1 spiro atoms. The van der Waals surface area contributed by atoms with Crippen LogP contribution >= 0.6 is 11.6 Å². The maximum Gasteiger partial charge on any atom is 0.156 e. The molecule has 0 aromatic heterocycles. The zero-order chi connectivity index (χ0) is 12.0. The normalized spacial score (nSPS) is 21.6. The second-order valence-electron chi connectivity index (χ2n) is 4.86. The number of benzene rings is 1. The Morgan fingerprint density at radius 2 is 2.06 bits per heavy atom. The summed E-state index contributed by atoms with van der Waals surface area (Å²) in [6, 6.07) is 5.65. The van der Waals surface area contributed by atoms with Crippen LogP contribution in [0, 0.1) is 0 Å². The fourth-order valence-electron chi connectivity index (χ4n) is 2.86. The van der Waals surface area contributed by atoms with Crippen molar-refractivity contribution in [3.63, 3.8) is 0 Å². The van der Waals surface area contributed by atoms with Crippen molar-refractivity contribution < 1.29 is 5.21 Å². The van der Waals surface area contributed by atoms with E-state index in [2.05, 4.69) is 0 Å². The van der Waals surface area contributed by atoms with Crippen LogP contribution in [0.2, 0.25) is 5.02 Å². The second kappa shape index (κ2) is 3.72. The van der Waals surface area contributed by atoms with Crippen molar-refractivity contribution in [2.75, 3.05) is 0 Å². The summed E-state index contributed by atoms with van der Waals surface area (Å²) in [5.41, 5.74) is 0.421. The van der Waals surface area contributed by atoms with Crippen LogP contribution in [0.25, 0.3) is 5.70 Å². The smallest absolute Gasteiger partial charge is 0.156 e. The number of rotatable bonds is 0. The molecule has 0 saturated heterocycles. The summed E-state index contributed by atoms with van der Waals surface area (Å²) in [5, 5.41) is 14.2. The summed E-state index contributed by atoms with van der Waals surface area (Å²) >= 11 is 5.99. The van der Waals surface area contributed by atoms with Gasteiger partial charge in [-0.25, -0.2) is 5.06 Å². The highest BCUT2D eigenvalue weighted by Crippen LogP contribution is 2.37. The molecule has 1 aromatic rings. The number of fused-ring (bicyclic) bond motifs is 1. The van der Waals surface area contributed by atoms with Gasteiger partial charge in [0.1, 0.15) is 0 Å². The molecule has 0 unspecified atom stereocenters. The lowest BCUT2D eigenvalue weighted by Gasteiger charge is -2.37. The molecule has 1 N–H and O–H groups in total. The van der Waals surface area contributed by atoms with Gasteiger partial charge in [-0.2, -0.15) is 0 Å². The molecule has 0 radical (unpaired) electrons. The summed E-state index contributed by atoms with van der Waals surface area (Å²) in [7, 11) is 0. The van der Waals surface area contributed by atoms with E-state index in [0.717, 1.165) is 42.0 Å². The molecule has 17 heavy (non-hydrogen) atoms. The average molecular weight is 251 g/mol. The van der Waals surface area contributed by atoms with Crippen molar-refractivity contribution in [2.45, 2.75) is 38.3 Å². The minimum absolute atomic E-state index is 0.426. The molecule has 1 aromatic carbocycles. The van der Waals surface area contributed by atoms with Gasteiger partial charge in [0.2, 0.25) is 0 Å². The van der Waals surface area contributed by atoms with Gasteiger partial charge in [-0.3, -0.25) is 10.2 Å². The van der Waals surface area contributed by atoms with Gasteiger partial charge in [0.05, 0.1) is 11.1 Å². The van der Waals surface area contributed by atoms with E-state index in [0.29, 0.717) is 5.02 Å². The fraction of sp³-hybridized carbons (Fsp3) is 0.462. The van der Waals surface area contributed by atoms with Gasteiger partial charge >= 0.3 is 0 Å². The molecule has 90 valence electrons. The molecule has 3 nitrogen and oxygen atoms in total. The molecule has 2 aliphatic rings. The molecule has 1 fully saturated rings. The first-order chi connectivity index (χ1) is 8.12. The topological polar surface area (TPSA) is 35.8 Å². The quantitative estimate of drug-likeness (QED) is 0.765. The Kier molecular flexibility index (Phi) is 2.42. The Morgan fingerprint density at radius 1 is 1.35 bits per heavy atom. The SMILES string of the molecule is CC1=c2cc(Cl)ccc2=NC2(CCCC2)N1O. The van der Waals surface area contributed by atoms with Crippen LogP contribution in [0.5, 0.6) is 0 Å². The van der Waals surface area contributed by atoms with Crippen molar-refractivity contribution in [1.29, 1.82) is 0 Å². The minimum Gasteiger partial charge on any atom is -0.286 e. The molecule has 0 atom stereocenters.